The number of para-hydroxylation sites is 1. The van der Waals surface area contributed by atoms with Gasteiger partial charge in [0.15, 0.2) is 0 Å². The number of nitrogens with one attached hydrogen (secondary N) is 1. The number of benzene rings is 1. The van der Waals surface area contributed by atoms with Crippen LogP contribution >= 0.6 is 0 Å². The lowest BCUT2D eigenvalue weighted by Crippen LogP contribution is -2.38. The minimum atomic E-state index is -0.223. The van der Waals surface area contributed by atoms with Crippen molar-refractivity contribution in [3.05, 3.63) is 47.7 Å². The predicted octanol–water partition coefficient (Wildman–Crippen LogP) is 1.92. The number of carbonyl (C=O) groups excluding carboxylic acids is 1. The van der Waals surface area contributed by atoms with E-state index in [-0.39, 0.29) is 18.2 Å². The zero-order valence-corrected chi connectivity index (χ0v) is 15.3. The molecule has 1 unspecified atom stereocenters. The first kappa shape index (κ1) is 16.9. The van der Waals surface area contributed by atoms with E-state index in [2.05, 4.69) is 26.3 Å². The van der Waals surface area contributed by atoms with Crippen molar-refractivity contribution in [2.45, 2.75) is 12.3 Å². The Balaban J connectivity index is 1.58. The molecule has 3 N–H and O–H groups in total. The molecule has 1 fully saturated rings. The Hall–Kier alpha value is -3.26. The van der Waals surface area contributed by atoms with Crippen LogP contribution in [0.1, 0.15) is 23.5 Å². The molecule has 1 saturated heterocycles. The Kier molecular flexibility index (Phi) is 4.05. The molecular weight excluding hydrogens is 356 g/mol. The average molecular weight is 376 g/mol. The molecule has 0 spiro atoms. The predicted molar refractivity (Wildman–Crippen MR) is 106 cm³/mol. The number of anilines is 3. The van der Waals surface area contributed by atoms with Gasteiger partial charge >= 0.3 is 0 Å². The van der Waals surface area contributed by atoms with Crippen LogP contribution in [0.3, 0.4) is 0 Å². The number of aromatic nitrogens is 3. The normalized spacial score (nSPS) is 19.4. The van der Waals surface area contributed by atoms with Gasteiger partial charge in [-0.3, -0.25) is 9.78 Å². The number of hydrogen-bond acceptors (Lipinski definition) is 7. The van der Waals surface area contributed by atoms with Crippen LogP contribution in [0.15, 0.2) is 36.5 Å². The van der Waals surface area contributed by atoms with Crippen molar-refractivity contribution in [1.82, 2.24) is 15.0 Å². The molecule has 8 heteroatoms. The quantitative estimate of drug-likeness (QED) is 0.704. The largest absolute Gasteiger partial charge is 0.383 e. The molecule has 0 saturated carbocycles. The van der Waals surface area contributed by atoms with Crippen molar-refractivity contribution in [3.63, 3.8) is 0 Å². The van der Waals surface area contributed by atoms with Crippen molar-refractivity contribution in [1.29, 1.82) is 0 Å². The van der Waals surface area contributed by atoms with E-state index < -0.39 is 0 Å². The highest BCUT2D eigenvalue weighted by atomic mass is 16.5. The number of hydrogen-bond donors (Lipinski definition) is 2. The molecule has 1 atom stereocenters. The molecule has 142 valence electrons. The minimum absolute atomic E-state index is 0.0864. The fraction of sp³-hybridized carbons (Fsp3) is 0.300. The molecule has 2 aromatic heterocycles. The Morgan fingerprint density at radius 3 is 2.86 bits per heavy atom. The molecule has 2 aliphatic heterocycles. The van der Waals surface area contributed by atoms with Crippen LogP contribution in [0.4, 0.5) is 17.6 Å². The number of morpholine rings is 1. The highest BCUT2D eigenvalue weighted by molar-refractivity contribution is 5.95. The SMILES string of the molecule is Nc1nc(N2CCOCC2)nc2c1C(c1cnc3ccccc3c1)CC(=O)N2. The topological polar surface area (TPSA) is 106 Å². The van der Waals surface area contributed by atoms with Gasteiger partial charge in [0.2, 0.25) is 11.9 Å². The van der Waals surface area contributed by atoms with Gasteiger partial charge in [0.1, 0.15) is 11.6 Å². The molecule has 0 radical (unpaired) electrons. The van der Waals surface area contributed by atoms with Gasteiger partial charge in [0.25, 0.3) is 0 Å². The van der Waals surface area contributed by atoms with Gasteiger partial charge in [-0.05, 0) is 17.7 Å². The Morgan fingerprint density at radius 2 is 2.00 bits per heavy atom. The fourth-order valence-electron chi connectivity index (χ4n) is 3.85. The summed E-state index contributed by atoms with van der Waals surface area (Å²) in [6.07, 6.45) is 2.10. The second-order valence-corrected chi connectivity index (χ2v) is 7.04. The van der Waals surface area contributed by atoms with Crippen molar-refractivity contribution in [3.8, 4) is 0 Å². The summed E-state index contributed by atoms with van der Waals surface area (Å²) in [6.45, 7) is 2.64. The van der Waals surface area contributed by atoms with E-state index in [1.165, 1.54) is 0 Å². The second kappa shape index (κ2) is 6.72. The number of nitrogens with zero attached hydrogens (tertiary/aromatic N) is 4. The monoisotopic (exact) mass is 376 g/mol. The van der Waals surface area contributed by atoms with E-state index in [0.29, 0.717) is 43.9 Å². The molecule has 5 rings (SSSR count). The summed E-state index contributed by atoms with van der Waals surface area (Å²) < 4.78 is 5.39. The third-order valence-electron chi connectivity index (χ3n) is 5.27. The molecule has 3 aromatic rings. The first-order valence-electron chi connectivity index (χ1n) is 9.33. The zero-order chi connectivity index (χ0) is 19.1. The molecule has 0 aliphatic carbocycles. The van der Waals surface area contributed by atoms with Gasteiger partial charge in [-0.2, -0.15) is 9.97 Å². The van der Waals surface area contributed by atoms with Crippen LogP contribution < -0.4 is 16.0 Å². The Labute approximate surface area is 161 Å². The van der Waals surface area contributed by atoms with E-state index in [1.54, 1.807) is 0 Å². The van der Waals surface area contributed by atoms with Gasteiger partial charge in [0.05, 0.1) is 18.7 Å². The zero-order valence-electron chi connectivity index (χ0n) is 15.3. The molecule has 4 heterocycles. The Bertz CT molecular complexity index is 1060. The summed E-state index contributed by atoms with van der Waals surface area (Å²) in [4.78, 5) is 28.1. The number of amides is 1. The van der Waals surface area contributed by atoms with Gasteiger partial charge in [-0.15, -0.1) is 0 Å². The van der Waals surface area contributed by atoms with Crippen LogP contribution in [0.2, 0.25) is 0 Å². The molecule has 0 bridgehead atoms. The maximum Gasteiger partial charge on any atom is 0.229 e. The number of nitrogen functional groups attached to an aromatic ring is 1. The van der Waals surface area contributed by atoms with Crippen LogP contribution in [0.5, 0.6) is 0 Å². The lowest BCUT2D eigenvalue weighted by atomic mass is 9.86. The Morgan fingerprint density at radius 1 is 1.18 bits per heavy atom. The van der Waals surface area contributed by atoms with E-state index in [4.69, 9.17) is 10.5 Å². The van der Waals surface area contributed by atoms with Crippen LogP contribution in [0, 0.1) is 0 Å². The van der Waals surface area contributed by atoms with E-state index >= 15 is 0 Å². The van der Waals surface area contributed by atoms with Gasteiger partial charge in [-0.25, -0.2) is 0 Å². The smallest absolute Gasteiger partial charge is 0.229 e. The van der Waals surface area contributed by atoms with E-state index in [1.807, 2.05) is 35.4 Å². The van der Waals surface area contributed by atoms with Crippen molar-refractivity contribution >= 4 is 34.4 Å². The summed E-state index contributed by atoms with van der Waals surface area (Å²) in [5.74, 6) is 1.10. The number of fused-ring (bicyclic) bond motifs is 2. The highest BCUT2D eigenvalue weighted by Crippen LogP contribution is 2.40. The molecule has 1 aromatic carbocycles. The minimum Gasteiger partial charge on any atom is -0.383 e. The van der Waals surface area contributed by atoms with E-state index in [9.17, 15) is 4.79 Å². The first-order valence-corrected chi connectivity index (χ1v) is 9.33. The number of carbonyl (C=O) groups is 1. The number of nitrogens with two attached hydrogens (primary N) is 1. The van der Waals surface area contributed by atoms with Crippen molar-refractivity contribution in [2.24, 2.45) is 0 Å². The van der Waals surface area contributed by atoms with Crippen LogP contribution in [-0.2, 0) is 9.53 Å². The summed E-state index contributed by atoms with van der Waals surface area (Å²) in [5.41, 5.74) is 8.96. The number of rotatable bonds is 2. The summed E-state index contributed by atoms with van der Waals surface area (Å²) in [5, 5.41) is 3.89. The van der Waals surface area contributed by atoms with Crippen LogP contribution in [0.25, 0.3) is 10.9 Å². The maximum absolute atomic E-state index is 12.4. The van der Waals surface area contributed by atoms with Gasteiger partial charge in [0, 0.05) is 42.6 Å². The molecular formula is C20H20N6O2. The summed E-state index contributed by atoms with van der Waals surface area (Å²) in [6, 6.07) is 9.97. The fourth-order valence-corrected chi connectivity index (χ4v) is 3.85. The average Bonchev–Trinajstić information content (AvgIpc) is 2.73. The lowest BCUT2D eigenvalue weighted by Gasteiger charge is -2.30. The number of pyridine rings is 1. The van der Waals surface area contributed by atoms with E-state index in [0.717, 1.165) is 22.0 Å². The molecule has 1 amide bonds. The maximum atomic E-state index is 12.4. The highest BCUT2D eigenvalue weighted by Gasteiger charge is 2.32. The number of ether oxygens (including phenoxy) is 1. The second-order valence-electron chi connectivity index (χ2n) is 7.04. The van der Waals surface area contributed by atoms with Crippen molar-refractivity contribution < 1.29 is 9.53 Å². The molecule has 8 nitrogen and oxygen atoms in total. The summed E-state index contributed by atoms with van der Waals surface area (Å²) >= 11 is 0. The third-order valence-corrected chi connectivity index (χ3v) is 5.27. The molecule has 28 heavy (non-hydrogen) atoms. The first-order chi connectivity index (χ1) is 13.7. The van der Waals surface area contributed by atoms with Crippen molar-refractivity contribution in [2.75, 3.05) is 42.3 Å². The van der Waals surface area contributed by atoms with Gasteiger partial charge in [-0.1, -0.05) is 18.2 Å². The standard InChI is InChI=1S/C20H20N6O2/c21-18-17-14(13-9-12-3-1-2-4-15(12)22-11-13)10-16(27)23-19(17)25-20(24-18)26-5-7-28-8-6-26/h1-4,9,11,14H,5-8,10H2,(H3,21,23,24,25,27). The van der Waals surface area contributed by atoms with Gasteiger partial charge < -0.3 is 20.7 Å². The summed E-state index contributed by atoms with van der Waals surface area (Å²) in [7, 11) is 0. The lowest BCUT2D eigenvalue weighted by molar-refractivity contribution is -0.116. The molecule has 2 aliphatic rings. The third kappa shape index (κ3) is 2.91. The van der Waals surface area contributed by atoms with Crippen LogP contribution in [-0.4, -0.2) is 47.2 Å².